The molecule has 0 aliphatic heterocycles. The molecular formula is C46H36N3O2Pt-. The maximum atomic E-state index is 11.3. The summed E-state index contributed by atoms with van der Waals surface area (Å²) in [5.74, 6) is 1.40. The van der Waals surface area contributed by atoms with Crippen molar-refractivity contribution in [1.82, 2.24) is 14.5 Å². The number of aromatic nitrogens is 3. The number of imidazole rings is 1. The Morgan fingerprint density at radius 3 is 2.13 bits per heavy atom. The van der Waals surface area contributed by atoms with Crippen molar-refractivity contribution in [3.05, 3.63) is 145 Å². The summed E-state index contributed by atoms with van der Waals surface area (Å²) in [5, 5.41) is 15.5. The van der Waals surface area contributed by atoms with Crippen molar-refractivity contribution in [2.75, 3.05) is 0 Å². The van der Waals surface area contributed by atoms with Crippen LogP contribution in [0.15, 0.2) is 132 Å². The molecule has 0 saturated carbocycles. The number of phenols is 1. The van der Waals surface area contributed by atoms with Gasteiger partial charge in [-0.2, -0.15) is 0 Å². The van der Waals surface area contributed by atoms with Gasteiger partial charge in [0.25, 0.3) is 0 Å². The third-order valence-corrected chi connectivity index (χ3v) is 9.98. The zero-order chi connectivity index (χ0) is 34.8. The molecule has 1 N–H and O–H groups in total. The van der Waals surface area contributed by atoms with Crippen LogP contribution in [0.3, 0.4) is 0 Å². The SMILES string of the molecule is CC(C)c1cccc(C(C)C)c1-n1c(-c2ccccc2O)nc2c(-c3[c-]c(-c4cc5ccccc5cn4)c4oc5ccccc5c4c3)cccc21.[Pt]. The number of benzene rings is 6. The molecule has 0 atom stereocenters. The number of fused-ring (bicyclic) bond motifs is 5. The summed E-state index contributed by atoms with van der Waals surface area (Å²) in [6.07, 6.45) is 1.92. The van der Waals surface area contributed by atoms with Gasteiger partial charge in [-0.25, -0.2) is 4.98 Å². The predicted molar refractivity (Wildman–Crippen MR) is 209 cm³/mol. The fourth-order valence-electron chi connectivity index (χ4n) is 7.47. The van der Waals surface area contributed by atoms with Crippen molar-refractivity contribution in [3.63, 3.8) is 0 Å². The number of rotatable bonds is 6. The first-order valence-corrected chi connectivity index (χ1v) is 17.5. The molecule has 0 radical (unpaired) electrons. The number of hydrogen-bond acceptors (Lipinski definition) is 4. The van der Waals surface area contributed by atoms with Crippen LogP contribution in [-0.2, 0) is 21.1 Å². The van der Waals surface area contributed by atoms with Crippen LogP contribution >= 0.6 is 0 Å². The van der Waals surface area contributed by atoms with Gasteiger partial charge in [0.1, 0.15) is 17.2 Å². The van der Waals surface area contributed by atoms with Crippen molar-refractivity contribution in [1.29, 1.82) is 0 Å². The first-order valence-electron chi connectivity index (χ1n) is 17.5. The van der Waals surface area contributed by atoms with Gasteiger partial charge in [-0.15, -0.1) is 17.7 Å². The molecule has 0 unspecified atom stereocenters. The molecule has 5 nitrogen and oxygen atoms in total. The van der Waals surface area contributed by atoms with Crippen LogP contribution in [0.5, 0.6) is 5.75 Å². The summed E-state index contributed by atoms with van der Waals surface area (Å²) in [7, 11) is 0. The quantitative estimate of drug-likeness (QED) is 0.169. The van der Waals surface area contributed by atoms with E-state index in [1.54, 1.807) is 6.07 Å². The second kappa shape index (κ2) is 13.2. The van der Waals surface area contributed by atoms with E-state index in [2.05, 4.69) is 105 Å². The summed E-state index contributed by atoms with van der Waals surface area (Å²) in [6.45, 7) is 8.92. The molecule has 6 aromatic carbocycles. The minimum Gasteiger partial charge on any atom is -0.507 e. The Kier molecular flexibility index (Phi) is 8.56. The van der Waals surface area contributed by atoms with E-state index in [0.717, 1.165) is 71.8 Å². The maximum absolute atomic E-state index is 11.3. The molecule has 0 spiro atoms. The number of aromatic hydroxyl groups is 1. The van der Waals surface area contributed by atoms with Crippen LogP contribution in [0.25, 0.3) is 83.2 Å². The Morgan fingerprint density at radius 1 is 0.692 bits per heavy atom. The van der Waals surface area contributed by atoms with Crippen molar-refractivity contribution >= 4 is 43.7 Å². The van der Waals surface area contributed by atoms with Gasteiger partial charge in [0.2, 0.25) is 0 Å². The predicted octanol–water partition coefficient (Wildman–Crippen LogP) is 12.2. The van der Waals surface area contributed by atoms with Crippen LogP contribution in [0.1, 0.15) is 50.7 Å². The van der Waals surface area contributed by atoms with E-state index in [-0.39, 0.29) is 38.7 Å². The van der Waals surface area contributed by atoms with Crippen molar-refractivity contribution in [2.24, 2.45) is 0 Å². The monoisotopic (exact) mass is 857 g/mol. The zero-order valence-electron chi connectivity index (χ0n) is 29.3. The second-order valence-corrected chi connectivity index (χ2v) is 13.9. The number of pyridine rings is 1. The van der Waals surface area contributed by atoms with E-state index < -0.39 is 0 Å². The average Bonchev–Trinajstić information content (AvgIpc) is 3.73. The Hall–Kier alpha value is -5.51. The fraction of sp³-hybridized carbons (Fsp3) is 0.130. The van der Waals surface area contributed by atoms with E-state index in [4.69, 9.17) is 14.4 Å². The molecule has 0 aliphatic rings. The largest absolute Gasteiger partial charge is 0.507 e. The Balaban J connectivity index is 0.00000387. The fourth-order valence-corrected chi connectivity index (χ4v) is 7.47. The Bertz CT molecular complexity index is 2770. The number of hydrogen-bond donors (Lipinski definition) is 1. The van der Waals surface area contributed by atoms with E-state index in [0.29, 0.717) is 11.4 Å². The van der Waals surface area contributed by atoms with E-state index >= 15 is 0 Å². The molecule has 9 rings (SSSR count). The number of furan rings is 1. The molecule has 6 heteroatoms. The third kappa shape index (κ3) is 5.43. The normalized spacial score (nSPS) is 11.7. The summed E-state index contributed by atoms with van der Waals surface area (Å²) in [6, 6.07) is 44.8. The first-order chi connectivity index (χ1) is 24.9. The van der Waals surface area contributed by atoms with Gasteiger partial charge in [0, 0.05) is 38.3 Å². The molecule has 3 heterocycles. The molecule has 0 aliphatic carbocycles. The minimum atomic E-state index is 0. The van der Waals surface area contributed by atoms with Crippen molar-refractivity contribution in [2.45, 2.75) is 39.5 Å². The molecular weight excluding hydrogens is 822 g/mol. The third-order valence-electron chi connectivity index (χ3n) is 9.98. The maximum Gasteiger partial charge on any atom is 0.148 e. The molecule has 0 fully saturated rings. The standard InChI is InChI=1S/C46H36N3O2.Pt/c1-27(2)32-17-11-18-33(28(3)4)44(32)49-40-20-12-19-34(43(40)48-46(49)36-16-7-9-21-41(36)50)31-23-37-35-15-8-10-22-42(35)51-45(37)38(24-31)39-25-29-13-5-6-14-30(29)26-47-39;/h5-23,25-28,50H,1-4H3;/q-1;. The van der Waals surface area contributed by atoms with Crippen LogP contribution in [0.4, 0.5) is 0 Å². The van der Waals surface area contributed by atoms with Crippen LogP contribution in [0.2, 0.25) is 0 Å². The number of para-hydroxylation sites is 4. The Labute approximate surface area is 316 Å². The Morgan fingerprint density at radius 2 is 1.37 bits per heavy atom. The van der Waals surface area contributed by atoms with Gasteiger partial charge in [-0.1, -0.05) is 130 Å². The molecule has 0 saturated heterocycles. The van der Waals surface area contributed by atoms with Gasteiger partial charge in [0.15, 0.2) is 0 Å². The van der Waals surface area contributed by atoms with Crippen molar-refractivity contribution < 1.29 is 30.6 Å². The smallest absolute Gasteiger partial charge is 0.148 e. The minimum absolute atomic E-state index is 0. The number of phenolic OH excluding ortho intramolecular Hbond substituents is 1. The summed E-state index contributed by atoms with van der Waals surface area (Å²) >= 11 is 0. The zero-order valence-corrected chi connectivity index (χ0v) is 31.6. The van der Waals surface area contributed by atoms with Gasteiger partial charge in [-0.3, -0.25) is 9.55 Å². The van der Waals surface area contributed by atoms with Gasteiger partial charge >= 0.3 is 0 Å². The second-order valence-electron chi connectivity index (χ2n) is 13.9. The van der Waals surface area contributed by atoms with E-state index in [1.807, 2.05) is 54.7 Å². The van der Waals surface area contributed by atoms with Gasteiger partial charge < -0.3 is 9.52 Å². The first kappa shape index (κ1) is 33.6. The topological polar surface area (TPSA) is 64.1 Å². The molecule has 0 bridgehead atoms. The molecule has 0 amide bonds. The van der Waals surface area contributed by atoms with Gasteiger partial charge in [0.05, 0.1) is 27.9 Å². The van der Waals surface area contributed by atoms with Crippen LogP contribution < -0.4 is 0 Å². The molecule has 52 heavy (non-hydrogen) atoms. The van der Waals surface area contributed by atoms with Gasteiger partial charge in [-0.05, 0) is 63.4 Å². The van der Waals surface area contributed by atoms with E-state index in [9.17, 15) is 5.11 Å². The summed E-state index contributed by atoms with van der Waals surface area (Å²) in [4.78, 5) is 10.3. The average molecular weight is 858 g/mol. The molecule has 3 aromatic heterocycles. The van der Waals surface area contributed by atoms with Crippen LogP contribution in [-0.4, -0.2) is 19.6 Å². The van der Waals surface area contributed by atoms with Crippen LogP contribution in [0, 0.1) is 6.07 Å². The van der Waals surface area contributed by atoms with Crippen molar-refractivity contribution in [3.8, 4) is 45.2 Å². The summed E-state index contributed by atoms with van der Waals surface area (Å²) < 4.78 is 8.79. The molecule has 258 valence electrons. The van der Waals surface area contributed by atoms with E-state index in [1.165, 1.54) is 11.1 Å². The summed E-state index contributed by atoms with van der Waals surface area (Å²) in [5.41, 5.74) is 11.0. The number of nitrogens with zero attached hydrogens (tertiary/aromatic N) is 3. The molecule has 9 aromatic rings.